The number of hydrogen-bond donors (Lipinski definition) is 0. The van der Waals surface area contributed by atoms with Gasteiger partial charge in [-0.05, 0) is 113 Å². The molecule has 0 aliphatic rings. The van der Waals surface area contributed by atoms with Gasteiger partial charge >= 0.3 is 0 Å². The van der Waals surface area contributed by atoms with Gasteiger partial charge in [0.1, 0.15) is 11.2 Å². The summed E-state index contributed by atoms with van der Waals surface area (Å²) in [6.45, 7) is 0. The number of pyridine rings is 1. The monoisotopic (exact) mass is 803 g/mol. The van der Waals surface area contributed by atoms with E-state index < -0.39 is 0 Å². The predicted octanol–water partition coefficient (Wildman–Crippen LogP) is 15.8. The Morgan fingerprint density at radius 3 is 1.56 bits per heavy atom. The summed E-state index contributed by atoms with van der Waals surface area (Å²) >= 11 is 0. The van der Waals surface area contributed by atoms with Gasteiger partial charge in [-0.3, -0.25) is 0 Å². The van der Waals surface area contributed by atoms with E-state index in [0.29, 0.717) is 0 Å². The van der Waals surface area contributed by atoms with E-state index in [9.17, 15) is 0 Å². The van der Waals surface area contributed by atoms with Crippen LogP contribution in [0.15, 0.2) is 229 Å². The van der Waals surface area contributed by atoms with Gasteiger partial charge in [0.25, 0.3) is 0 Å². The van der Waals surface area contributed by atoms with Crippen molar-refractivity contribution in [1.29, 1.82) is 0 Å². The minimum atomic E-state index is 0.897. The highest BCUT2D eigenvalue weighted by molar-refractivity contribution is 6.14. The third kappa shape index (κ3) is 5.73. The molecular weight excluding hydrogens is 767 g/mol. The van der Waals surface area contributed by atoms with Crippen LogP contribution in [-0.4, -0.2) is 14.1 Å². The molecule has 0 radical (unpaired) electrons. The standard InChI is InChI=1S/C59H37N3O/c1-3-13-38(14-4-1)52-21-12-22-53(60-52)43-15-11-18-45(33-43)62-55-30-26-39(41-28-32-59-51(36-41)48-20-8-10-24-58(48)63-59)34-49(55)50-35-40(27-31-56(50)62)42-25-29-47-46-19-7-9-23-54(46)61(57(47)37-42)44-16-5-2-6-17-44/h1-37H. The lowest BCUT2D eigenvalue weighted by molar-refractivity contribution is 0.669. The predicted molar refractivity (Wildman–Crippen MR) is 262 cm³/mol. The summed E-state index contributed by atoms with van der Waals surface area (Å²) in [5.74, 6) is 0. The van der Waals surface area contributed by atoms with Crippen molar-refractivity contribution in [1.82, 2.24) is 14.1 Å². The second-order valence-electron chi connectivity index (χ2n) is 16.4. The van der Waals surface area contributed by atoms with Crippen molar-refractivity contribution in [2.45, 2.75) is 0 Å². The van der Waals surface area contributed by atoms with E-state index in [0.717, 1.165) is 78.0 Å². The van der Waals surface area contributed by atoms with E-state index in [2.05, 4.69) is 215 Å². The van der Waals surface area contributed by atoms with Crippen molar-refractivity contribution in [3.8, 4) is 56.1 Å². The molecule has 13 rings (SSSR count). The highest BCUT2D eigenvalue weighted by atomic mass is 16.3. The fourth-order valence-corrected chi connectivity index (χ4v) is 9.74. The number of furan rings is 1. The highest BCUT2D eigenvalue weighted by Gasteiger charge is 2.18. The summed E-state index contributed by atoms with van der Waals surface area (Å²) < 4.78 is 11.0. The van der Waals surface area contributed by atoms with Crippen LogP contribution in [0.1, 0.15) is 0 Å². The van der Waals surface area contributed by atoms with Crippen molar-refractivity contribution in [3.63, 3.8) is 0 Å². The van der Waals surface area contributed by atoms with Crippen LogP contribution in [0, 0.1) is 0 Å². The van der Waals surface area contributed by atoms with Crippen LogP contribution in [0.3, 0.4) is 0 Å². The van der Waals surface area contributed by atoms with Gasteiger partial charge in [-0.15, -0.1) is 0 Å². The van der Waals surface area contributed by atoms with Crippen LogP contribution >= 0.6 is 0 Å². The van der Waals surface area contributed by atoms with Crippen LogP contribution in [0.25, 0.3) is 122 Å². The Hall–Kier alpha value is -8.47. The molecule has 4 heteroatoms. The van der Waals surface area contributed by atoms with Crippen LogP contribution in [0.2, 0.25) is 0 Å². The molecule has 63 heavy (non-hydrogen) atoms. The van der Waals surface area contributed by atoms with Crippen LogP contribution in [0.4, 0.5) is 0 Å². The fraction of sp³-hybridized carbons (Fsp3) is 0. The van der Waals surface area contributed by atoms with Crippen LogP contribution < -0.4 is 0 Å². The lowest BCUT2D eigenvalue weighted by Gasteiger charge is -2.12. The maximum absolute atomic E-state index is 6.22. The molecule has 0 atom stereocenters. The third-order valence-electron chi connectivity index (χ3n) is 12.7. The average Bonchev–Trinajstić information content (AvgIpc) is 4.01. The number of fused-ring (bicyclic) bond motifs is 9. The number of aromatic nitrogens is 3. The Bertz CT molecular complexity index is 3910. The normalized spacial score (nSPS) is 11.8. The SMILES string of the molecule is c1ccc(-c2cccc(-c3cccc(-n4c5ccc(-c6ccc7oc8ccccc8c7c6)cc5c5cc(-c6ccc7c8ccccc8n(-c8ccccc8)c7c6)ccc54)c3)n2)cc1. The van der Waals surface area contributed by atoms with Crippen LogP contribution in [0.5, 0.6) is 0 Å². The van der Waals surface area contributed by atoms with Gasteiger partial charge < -0.3 is 13.6 Å². The van der Waals surface area contributed by atoms with E-state index in [1.807, 2.05) is 18.2 Å². The summed E-state index contributed by atoms with van der Waals surface area (Å²) in [6.07, 6.45) is 0. The molecule has 0 saturated carbocycles. The summed E-state index contributed by atoms with van der Waals surface area (Å²) in [4.78, 5) is 5.13. The number of benzene rings is 9. The molecule has 294 valence electrons. The largest absolute Gasteiger partial charge is 0.456 e. The first-order chi connectivity index (χ1) is 31.2. The Kier molecular flexibility index (Phi) is 7.87. The molecule has 9 aromatic carbocycles. The highest BCUT2D eigenvalue weighted by Crippen LogP contribution is 2.41. The Morgan fingerprint density at radius 2 is 0.778 bits per heavy atom. The second kappa shape index (κ2) is 14.1. The topological polar surface area (TPSA) is 35.9 Å². The number of rotatable bonds is 6. The summed E-state index contributed by atoms with van der Waals surface area (Å²) in [5, 5.41) is 7.13. The molecule has 4 heterocycles. The Morgan fingerprint density at radius 1 is 0.270 bits per heavy atom. The molecular formula is C59H37N3O. The fourth-order valence-electron chi connectivity index (χ4n) is 9.74. The first-order valence-corrected chi connectivity index (χ1v) is 21.4. The van der Waals surface area contributed by atoms with Gasteiger partial charge in [0.15, 0.2) is 0 Å². The lowest BCUT2D eigenvalue weighted by atomic mass is 9.99. The smallest absolute Gasteiger partial charge is 0.135 e. The van der Waals surface area contributed by atoms with Crippen LogP contribution in [-0.2, 0) is 0 Å². The van der Waals surface area contributed by atoms with E-state index in [1.54, 1.807) is 0 Å². The Balaban J connectivity index is 1.01. The molecule has 0 spiro atoms. The van der Waals surface area contributed by atoms with Crippen molar-refractivity contribution in [2.24, 2.45) is 0 Å². The minimum Gasteiger partial charge on any atom is -0.456 e. The van der Waals surface area contributed by atoms with Crippen molar-refractivity contribution in [3.05, 3.63) is 224 Å². The molecule has 0 aliphatic heterocycles. The molecule has 13 aromatic rings. The van der Waals surface area contributed by atoms with Crippen molar-refractivity contribution >= 4 is 65.6 Å². The maximum atomic E-state index is 6.22. The zero-order valence-electron chi connectivity index (χ0n) is 34.1. The van der Waals surface area contributed by atoms with E-state index in [-0.39, 0.29) is 0 Å². The van der Waals surface area contributed by atoms with Crippen molar-refractivity contribution in [2.75, 3.05) is 0 Å². The summed E-state index contributed by atoms with van der Waals surface area (Å²) in [5.41, 5.74) is 17.4. The summed E-state index contributed by atoms with van der Waals surface area (Å²) in [6, 6.07) is 80.5. The molecule has 4 nitrogen and oxygen atoms in total. The first-order valence-electron chi connectivity index (χ1n) is 21.4. The molecule has 4 aromatic heterocycles. The van der Waals surface area contributed by atoms with E-state index in [1.165, 1.54) is 43.7 Å². The molecule has 0 fully saturated rings. The van der Waals surface area contributed by atoms with Gasteiger partial charge in [0.2, 0.25) is 0 Å². The maximum Gasteiger partial charge on any atom is 0.135 e. The lowest BCUT2D eigenvalue weighted by Crippen LogP contribution is -1.95. The summed E-state index contributed by atoms with van der Waals surface area (Å²) in [7, 11) is 0. The number of para-hydroxylation sites is 3. The van der Waals surface area contributed by atoms with Gasteiger partial charge in [-0.2, -0.15) is 0 Å². The third-order valence-corrected chi connectivity index (χ3v) is 12.7. The Labute approximate surface area is 363 Å². The molecule has 0 amide bonds. The molecule has 0 bridgehead atoms. The first kappa shape index (κ1) is 35.3. The second-order valence-corrected chi connectivity index (χ2v) is 16.4. The van der Waals surface area contributed by atoms with Gasteiger partial charge in [-0.25, -0.2) is 4.98 Å². The van der Waals surface area contributed by atoms with Gasteiger partial charge in [0.05, 0.1) is 33.5 Å². The zero-order chi connectivity index (χ0) is 41.4. The molecule has 0 aliphatic carbocycles. The average molecular weight is 804 g/mol. The number of nitrogens with zero attached hydrogens (tertiary/aromatic N) is 3. The van der Waals surface area contributed by atoms with Crippen molar-refractivity contribution < 1.29 is 4.42 Å². The molecule has 0 unspecified atom stereocenters. The van der Waals surface area contributed by atoms with E-state index in [4.69, 9.17) is 9.40 Å². The minimum absolute atomic E-state index is 0.897. The van der Waals surface area contributed by atoms with E-state index >= 15 is 0 Å². The molecule has 0 N–H and O–H groups in total. The van der Waals surface area contributed by atoms with Gasteiger partial charge in [-0.1, -0.05) is 133 Å². The molecule has 0 saturated heterocycles. The number of hydrogen-bond acceptors (Lipinski definition) is 2. The van der Waals surface area contributed by atoms with Gasteiger partial charge in [0, 0.05) is 54.8 Å². The zero-order valence-corrected chi connectivity index (χ0v) is 34.1. The quantitative estimate of drug-likeness (QED) is 0.168.